The van der Waals surface area contributed by atoms with E-state index >= 15 is 0 Å². The Labute approximate surface area is 433 Å². The van der Waals surface area contributed by atoms with E-state index in [9.17, 15) is 28.5 Å². The maximum atomic E-state index is 12.9. The standard InChI is InChI=1S/C19H26INO5.C16H17O5P.C15H20INO4/c1-5-24-17(22)7-6-12-21(18(23)26-19(2,3)4)13-14-25-16-10-8-15(20)9-11-16;1-2-19-16(17)13-22(18,20-14-9-5-3-6-10-14)21-15-11-7-4-8-12-15;1-15(2,3)21-14(19)17(8-10-18)9-11-20-13-6-4-12(16)5-7-13/h6-11H,5,12-14H2,1-4H3;3-12H,2,13H2,1H3;4-7,10H,8-9,11H2,1-3H3/b7-6-;;. The van der Waals surface area contributed by atoms with Gasteiger partial charge in [-0.25, -0.2) is 18.9 Å². The van der Waals surface area contributed by atoms with E-state index in [1.807, 2.05) is 48.5 Å². The molecule has 0 saturated heterocycles. The quantitative estimate of drug-likeness (QED) is 0.0192. The minimum absolute atomic E-state index is 0.00897. The van der Waals surface area contributed by atoms with Crippen LogP contribution in [-0.2, 0) is 37.9 Å². The Bertz CT molecular complexity index is 2170. The number of ether oxygens (including phenoxy) is 6. The third kappa shape index (κ3) is 28.1. The van der Waals surface area contributed by atoms with Crippen molar-refractivity contribution < 1.29 is 66.0 Å². The molecule has 376 valence electrons. The van der Waals surface area contributed by atoms with Gasteiger partial charge >= 0.3 is 31.7 Å². The predicted octanol–water partition coefficient (Wildman–Crippen LogP) is 11.0. The second-order valence-electron chi connectivity index (χ2n) is 16.2. The molecule has 0 fully saturated rings. The van der Waals surface area contributed by atoms with Crippen molar-refractivity contribution in [3.8, 4) is 23.0 Å². The molecular weight excluding hydrogens is 1140 g/mol. The molecule has 2 amide bonds. The highest BCUT2D eigenvalue weighted by Gasteiger charge is 2.33. The second-order valence-corrected chi connectivity index (χ2v) is 20.6. The lowest BCUT2D eigenvalue weighted by molar-refractivity contribution is -0.140. The van der Waals surface area contributed by atoms with E-state index < -0.39 is 49.1 Å². The number of carbonyl (C=O) groups is 5. The maximum absolute atomic E-state index is 12.9. The van der Waals surface area contributed by atoms with Gasteiger partial charge in [0.25, 0.3) is 0 Å². The second kappa shape index (κ2) is 31.7. The smallest absolute Gasteiger partial charge is 0.441 e. The number of benzene rings is 4. The maximum Gasteiger partial charge on any atom is 0.441 e. The van der Waals surface area contributed by atoms with Crippen molar-refractivity contribution in [1.82, 2.24) is 9.80 Å². The van der Waals surface area contributed by atoms with Gasteiger partial charge in [0.15, 0.2) is 6.16 Å². The number of aldehydes is 1. The summed E-state index contributed by atoms with van der Waals surface area (Å²) in [6, 6.07) is 32.4. The summed E-state index contributed by atoms with van der Waals surface area (Å²) in [5.74, 6) is 1.13. The van der Waals surface area contributed by atoms with Gasteiger partial charge in [-0.05, 0) is 173 Å². The lowest BCUT2D eigenvalue weighted by Crippen LogP contribution is -2.40. The van der Waals surface area contributed by atoms with Crippen molar-refractivity contribution in [1.29, 1.82) is 0 Å². The first-order valence-corrected chi connectivity index (χ1v) is 25.8. The average Bonchev–Trinajstić information content (AvgIpc) is 3.27. The highest BCUT2D eigenvalue weighted by Crippen LogP contribution is 2.48. The monoisotopic (exact) mass is 1200 g/mol. The van der Waals surface area contributed by atoms with Gasteiger partial charge in [-0.3, -0.25) is 9.69 Å². The van der Waals surface area contributed by atoms with Gasteiger partial charge in [0, 0.05) is 19.8 Å². The molecule has 0 bridgehead atoms. The van der Waals surface area contributed by atoms with Crippen LogP contribution in [0.5, 0.6) is 23.0 Å². The molecule has 19 heteroatoms. The van der Waals surface area contributed by atoms with Crippen molar-refractivity contribution in [2.45, 2.75) is 66.6 Å². The lowest BCUT2D eigenvalue weighted by Gasteiger charge is -2.26. The topological polar surface area (TPSA) is 183 Å². The molecule has 0 unspecified atom stereocenters. The molecule has 0 aliphatic heterocycles. The molecule has 69 heavy (non-hydrogen) atoms. The summed E-state index contributed by atoms with van der Waals surface area (Å²) in [5, 5.41) is 0. The molecule has 0 atom stereocenters. The van der Waals surface area contributed by atoms with Gasteiger partial charge in [-0.15, -0.1) is 0 Å². The van der Waals surface area contributed by atoms with Crippen LogP contribution in [0.3, 0.4) is 0 Å². The summed E-state index contributed by atoms with van der Waals surface area (Å²) in [5.41, 5.74) is -1.19. The molecule has 0 aromatic heterocycles. The average molecular weight is 1200 g/mol. The van der Waals surface area contributed by atoms with Gasteiger partial charge in [0.05, 0.1) is 32.8 Å². The third-order valence-corrected chi connectivity index (χ3v) is 11.0. The van der Waals surface area contributed by atoms with Gasteiger partial charge in [0.2, 0.25) is 0 Å². The summed E-state index contributed by atoms with van der Waals surface area (Å²) < 4.78 is 57.6. The number of rotatable bonds is 21. The normalized spacial score (nSPS) is 11.0. The van der Waals surface area contributed by atoms with E-state index in [4.69, 9.17) is 37.5 Å². The molecule has 4 aromatic rings. The van der Waals surface area contributed by atoms with Crippen molar-refractivity contribution in [3.63, 3.8) is 0 Å². The van der Waals surface area contributed by atoms with Crippen LogP contribution in [0.4, 0.5) is 9.59 Å². The molecule has 4 rings (SSSR count). The molecule has 0 radical (unpaired) electrons. The largest absolute Gasteiger partial charge is 0.492 e. The summed E-state index contributed by atoms with van der Waals surface area (Å²) in [7, 11) is -3.72. The minimum atomic E-state index is -3.72. The third-order valence-electron chi connectivity index (χ3n) is 7.96. The SMILES string of the molecule is CC(C)(C)OC(=O)N(CC=O)CCOc1ccc(I)cc1.CCOC(=O)/C=C\CN(CCOc1ccc(I)cc1)C(=O)OC(C)(C)C.CCOC(=O)CP(=O)(Oc1ccccc1)Oc1ccccc1. The first kappa shape index (κ1) is 59.8. The highest BCUT2D eigenvalue weighted by molar-refractivity contribution is 14.1. The molecule has 16 nitrogen and oxygen atoms in total. The van der Waals surface area contributed by atoms with E-state index in [1.165, 1.54) is 15.9 Å². The summed E-state index contributed by atoms with van der Waals surface area (Å²) in [6.45, 7) is 16.1. The van der Waals surface area contributed by atoms with Crippen LogP contribution >= 0.6 is 52.8 Å². The van der Waals surface area contributed by atoms with Crippen LogP contribution in [0.25, 0.3) is 0 Å². The van der Waals surface area contributed by atoms with Gasteiger partial charge in [-0.2, -0.15) is 0 Å². The fourth-order valence-corrected chi connectivity index (χ4v) is 7.24. The van der Waals surface area contributed by atoms with Crippen LogP contribution in [0.15, 0.2) is 121 Å². The number of hydrogen-bond donors (Lipinski definition) is 0. The van der Waals surface area contributed by atoms with Crippen LogP contribution in [0, 0.1) is 7.14 Å². The summed E-state index contributed by atoms with van der Waals surface area (Å²) in [6.07, 6.45) is 2.13. The molecule has 0 N–H and O–H groups in total. The Morgan fingerprint density at radius 2 is 0.986 bits per heavy atom. The molecule has 0 saturated carbocycles. The molecule has 0 aliphatic carbocycles. The number of hydrogen-bond acceptors (Lipinski definition) is 14. The van der Waals surface area contributed by atoms with Crippen LogP contribution in [0.1, 0.15) is 55.4 Å². The Balaban J connectivity index is 0.000000357. The Kier molecular flexibility index (Phi) is 27.5. The van der Waals surface area contributed by atoms with Crippen LogP contribution in [-0.4, -0.2) is 110 Å². The predicted molar refractivity (Wildman–Crippen MR) is 280 cm³/mol. The number of halogens is 2. The first-order valence-electron chi connectivity index (χ1n) is 21.9. The Hall–Kier alpha value is -5.34. The lowest BCUT2D eigenvalue weighted by atomic mass is 10.2. The number of para-hydroxylation sites is 2. The van der Waals surface area contributed by atoms with E-state index in [-0.39, 0.29) is 19.7 Å². The molecular formula is C50H63I2N2O14P. The number of amides is 2. The zero-order valence-electron chi connectivity index (χ0n) is 40.3. The van der Waals surface area contributed by atoms with Crippen molar-refractivity contribution in [2.24, 2.45) is 0 Å². The summed E-state index contributed by atoms with van der Waals surface area (Å²) >= 11 is 4.43. The van der Waals surface area contributed by atoms with Gasteiger partial charge in [-0.1, -0.05) is 42.5 Å². The number of esters is 2. The highest BCUT2D eigenvalue weighted by atomic mass is 127. The van der Waals surface area contributed by atoms with Crippen molar-refractivity contribution >= 4 is 83.2 Å². The number of nitrogens with zero attached hydrogens (tertiary/aromatic N) is 2. The van der Waals surface area contributed by atoms with Crippen LogP contribution < -0.4 is 18.5 Å². The van der Waals surface area contributed by atoms with E-state index in [1.54, 1.807) is 122 Å². The van der Waals surface area contributed by atoms with E-state index in [2.05, 4.69) is 45.2 Å². The van der Waals surface area contributed by atoms with E-state index in [0.29, 0.717) is 50.7 Å². The van der Waals surface area contributed by atoms with E-state index in [0.717, 1.165) is 18.6 Å². The van der Waals surface area contributed by atoms with Crippen molar-refractivity contribution in [2.75, 3.05) is 58.8 Å². The molecule has 0 heterocycles. The Morgan fingerprint density at radius 3 is 1.36 bits per heavy atom. The van der Waals surface area contributed by atoms with Gasteiger partial charge in [0.1, 0.15) is 53.7 Å². The molecule has 0 aliphatic rings. The minimum Gasteiger partial charge on any atom is -0.492 e. The molecule has 4 aromatic carbocycles. The first-order chi connectivity index (χ1) is 32.6. The van der Waals surface area contributed by atoms with Crippen molar-refractivity contribution in [3.05, 3.63) is 128 Å². The van der Waals surface area contributed by atoms with Crippen LogP contribution in [0.2, 0.25) is 0 Å². The Morgan fingerprint density at radius 1 is 0.580 bits per heavy atom. The molecule has 0 spiro atoms. The van der Waals surface area contributed by atoms with Gasteiger partial charge < -0.3 is 47.2 Å². The fraction of sp³-hybridized carbons (Fsp3) is 0.380. The zero-order chi connectivity index (χ0) is 51.3. The number of carbonyl (C=O) groups excluding carboxylic acids is 5. The zero-order valence-corrected chi connectivity index (χ0v) is 45.5. The fourth-order valence-electron chi connectivity index (χ4n) is 5.06. The summed E-state index contributed by atoms with van der Waals surface area (Å²) in [4.78, 5) is 60.8.